The normalized spacial score (nSPS) is 18.4. The van der Waals surface area contributed by atoms with Crippen molar-refractivity contribution in [3.63, 3.8) is 0 Å². The molecule has 1 aromatic carbocycles. The lowest BCUT2D eigenvalue weighted by Crippen LogP contribution is -2.43. The summed E-state index contributed by atoms with van der Waals surface area (Å²) in [7, 11) is -3.63. The first-order chi connectivity index (χ1) is 11.9. The van der Waals surface area contributed by atoms with E-state index in [1.165, 1.54) is 15.6 Å². The fraction of sp³-hybridized carbons (Fsp3) is 0.389. The molecule has 3 rings (SSSR count). The predicted molar refractivity (Wildman–Crippen MR) is 100 cm³/mol. The third-order valence-electron chi connectivity index (χ3n) is 4.44. The van der Waals surface area contributed by atoms with Gasteiger partial charge in [0.1, 0.15) is 10.3 Å². The lowest BCUT2D eigenvalue weighted by molar-refractivity contribution is -0.119. The summed E-state index contributed by atoms with van der Waals surface area (Å²) in [6.07, 6.45) is 2.04. The van der Waals surface area contributed by atoms with Crippen molar-refractivity contribution < 1.29 is 13.2 Å². The van der Waals surface area contributed by atoms with Crippen LogP contribution in [0.25, 0.3) is 0 Å². The van der Waals surface area contributed by atoms with E-state index in [0.717, 1.165) is 22.5 Å². The summed E-state index contributed by atoms with van der Waals surface area (Å²) in [4.78, 5) is 13.7. The third kappa shape index (κ3) is 3.63. The molecular weight excluding hydrogens is 356 g/mol. The number of aryl methyl sites for hydroxylation is 2. The molecule has 0 radical (unpaired) electrons. The molecular formula is C18H22N2O3S2. The maximum Gasteiger partial charge on any atom is 0.253 e. The van der Waals surface area contributed by atoms with Crippen LogP contribution in [0.15, 0.2) is 40.6 Å². The number of hydrogen-bond acceptors (Lipinski definition) is 4. The Bertz CT molecular complexity index is 874. The Balaban J connectivity index is 1.83. The van der Waals surface area contributed by atoms with Crippen LogP contribution >= 0.6 is 11.3 Å². The molecule has 7 heteroatoms. The number of nitrogens with zero attached hydrogens (tertiary/aromatic N) is 1. The maximum atomic E-state index is 12.9. The molecule has 2 heterocycles. The zero-order chi connectivity index (χ0) is 18.0. The van der Waals surface area contributed by atoms with Gasteiger partial charge in [0.05, 0.1) is 0 Å². The van der Waals surface area contributed by atoms with Gasteiger partial charge in [0.25, 0.3) is 10.0 Å². The summed E-state index contributed by atoms with van der Waals surface area (Å²) in [6.45, 7) is 4.28. The number of rotatable bonds is 5. The Morgan fingerprint density at radius 1 is 1.28 bits per heavy atom. The number of benzene rings is 1. The maximum absolute atomic E-state index is 12.9. The zero-order valence-electron chi connectivity index (χ0n) is 14.4. The minimum absolute atomic E-state index is 0.254. The standard InChI is InChI=1S/C18H22N2O3S2/c1-3-14-7-4-5-8-15(14)19-18(21)16-9-6-12-20(16)25(22,23)17-11-10-13(2)24-17/h4-5,7-8,10-11,16H,3,6,9,12H2,1-2H3,(H,19,21). The van der Waals surface area contributed by atoms with Gasteiger partial charge in [-0.15, -0.1) is 11.3 Å². The molecule has 1 N–H and O–H groups in total. The van der Waals surface area contributed by atoms with Gasteiger partial charge >= 0.3 is 0 Å². The average Bonchev–Trinajstić information content (AvgIpc) is 3.24. The Hall–Kier alpha value is -1.70. The van der Waals surface area contributed by atoms with Gasteiger partial charge in [-0.05, 0) is 49.9 Å². The van der Waals surface area contributed by atoms with Crippen LogP contribution in [0, 0.1) is 6.92 Å². The van der Waals surface area contributed by atoms with Crippen molar-refractivity contribution in [3.8, 4) is 0 Å². The largest absolute Gasteiger partial charge is 0.324 e. The van der Waals surface area contributed by atoms with E-state index in [0.29, 0.717) is 23.6 Å². The van der Waals surface area contributed by atoms with E-state index in [9.17, 15) is 13.2 Å². The van der Waals surface area contributed by atoms with E-state index >= 15 is 0 Å². The molecule has 5 nitrogen and oxygen atoms in total. The summed E-state index contributed by atoms with van der Waals surface area (Å²) in [5.41, 5.74) is 1.79. The van der Waals surface area contributed by atoms with E-state index in [2.05, 4.69) is 5.32 Å². The van der Waals surface area contributed by atoms with Crippen molar-refractivity contribution in [1.29, 1.82) is 0 Å². The fourth-order valence-corrected chi connectivity index (χ4v) is 6.19. The van der Waals surface area contributed by atoms with Crippen molar-refractivity contribution in [3.05, 3.63) is 46.8 Å². The second-order valence-electron chi connectivity index (χ2n) is 6.14. The molecule has 25 heavy (non-hydrogen) atoms. The van der Waals surface area contributed by atoms with Crippen LogP contribution < -0.4 is 5.32 Å². The minimum Gasteiger partial charge on any atom is -0.324 e. The molecule has 2 aromatic rings. The van der Waals surface area contributed by atoms with Crippen LogP contribution in [0.5, 0.6) is 0 Å². The number of nitrogens with one attached hydrogen (secondary N) is 1. The fourth-order valence-electron chi connectivity index (χ4n) is 3.12. The highest BCUT2D eigenvalue weighted by atomic mass is 32.2. The molecule has 1 aromatic heterocycles. The van der Waals surface area contributed by atoms with Crippen molar-refractivity contribution in [2.24, 2.45) is 0 Å². The summed E-state index contributed by atoms with van der Waals surface area (Å²) >= 11 is 1.24. The van der Waals surface area contributed by atoms with Gasteiger partial charge in [-0.3, -0.25) is 4.79 Å². The molecule has 1 amide bonds. The molecule has 1 unspecified atom stereocenters. The highest BCUT2D eigenvalue weighted by Gasteiger charge is 2.40. The van der Waals surface area contributed by atoms with Gasteiger partial charge in [-0.25, -0.2) is 8.42 Å². The van der Waals surface area contributed by atoms with Crippen LogP contribution in [-0.2, 0) is 21.2 Å². The number of carbonyl (C=O) groups excluding carboxylic acids is 1. The third-order valence-corrected chi connectivity index (χ3v) is 7.82. The summed E-state index contributed by atoms with van der Waals surface area (Å²) in [6, 6.07) is 10.4. The molecule has 1 aliphatic heterocycles. The monoisotopic (exact) mass is 378 g/mol. The van der Waals surface area contributed by atoms with Crippen LogP contribution in [0.3, 0.4) is 0 Å². The minimum atomic E-state index is -3.63. The molecule has 134 valence electrons. The topological polar surface area (TPSA) is 66.5 Å². The number of thiophene rings is 1. The van der Waals surface area contributed by atoms with E-state index in [1.807, 2.05) is 38.1 Å². The highest BCUT2D eigenvalue weighted by Crippen LogP contribution is 2.30. The van der Waals surface area contributed by atoms with Gasteiger partial charge < -0.3 is 5.32 Å². The Kier molecular flexibility index (Phi) is 5.27. The van der Waals surface area contributed by atoms with E-state index in [1.54, 1.807) is 12.1 Å². The quantitative estimate of drug-likeness (QED) is 0.867. The van der Waals surface area contributed by atoms with E-state index < -0.39 is 16.1 Å². The lowest BCUT2D eigenvalue weighted by atomic mass is 10.1. The summed E-state index contributed by atoms with van der Waals surface area (Å²) in [5, 5.41) is 2.92. The van der Waals surface area contributed by atoms with Gasteiger partial charge in [0.2, 0.25) is 5.91 Å². The number of carbonyl (C=O) groups is 1. The molecule has 0 aliphatic carbocycles. The Morgan fingerprint density at radius 3 is 2.72 bits per heavy atom. The molecule has 1 saturated heterocycles. The molecule has 1 aliphatic rings. The van der Waals surface area contributed by atoms with Gasteiger partial charge in [0, 0.05) is 17.1 Å². The van der Waals surface area contributed by atoms with E-state index in [4.69, 9.17) is 0 Å². The van der Waals surface area contributed by atoms with Crippen LogP contribution in [-0.4, -0.2) is 31.2 Å². The van der Waals surface area contributed by atoms with Crippen molar-refractivity contribution in [1.82, 2.24) is 4.31 Å². The average molecular weight is 379 g/mol. The molecule has 0 spiro atoms. The number of anilines is 1. The van der Waals surface area contributed by atoms with Gasteiger partial charge in [-0.2, -0.15) is 4.31 Å². The lowest BCUT2D eigenvalue weighted by Gasteiger charge is -2.23. The number of para-hydroxylation sites is 1. The second kappa shape index (κ2) is 7.27. The summed E-state index contributed by atoms with van der Waals surface area (Å²) < 4.78 is 27.4. The SMILES string of the molecule is CCc1ccccc1NC(=O)C1CCCN1S(=O)(=O)c1ccc(C)s1. The van der Waals surface area contributed by atoms with Crippen molar-refractivity contribution in [2.45, 2.75) is 43.4 Å². The Labute approximate surface area is 152 Å². The number of hydrogen-bond donors (Lipinski definition) is 1. The van der Waals surface area contributed by atoms with Crippen LogP contribution in [0.4, 0.5) is 5.69 Å². The first-order valence-electron chi connectivity index (χ1n) is 8.40. The van der Waals surface area contributed by atoms with Crippen molar-refractivity contribution in [2.75, 3.05) is 11.9 Å². The zero-order valence-corrected chi connectivity index (χ0v) is 16.0. The first kappa shape index (κ1) is 18.1. The number of amides is 1. The number of sulfonamides is 1. The molecule has 1 fully saturated rings. The van der Waals surface area contributed by atoms with E-state index in [-0.39, 0.29) is 5.91 Å². The van der Waals surface area contributed by atoms with Crippen molar-refractivity contribution >= 4 is 33.0 Å². The smallest absolute Gasteiger partial charge is 0.253 e. The Morgan fingerprint density at radius 2 is 2.04 bits per heavy atom. The highest BCUT2D eigenvalue weighted by molar-refractivity contribution is 7.91. The second-order valence-corrected chi connectivity index (χ2v) is 9.54. The molecule has 0 saturated carbocycles. The first-order valence-corrected chi connectivity index (χ1v) is 10.7. The van der Waals surface area contributed by atoms with Gasteiger partial charge in [-0.1, -0.05) is 25.1 Å². The summed E-state index contributed by atoms with van der Waals surface area (Å²) in [5.74, 6) is -0.254. The van der Waals surface area contributed by atoms with Crippen LogP contribution in [0.1, 0.15) is 30.2 Å². The molecule has 1 atom stereocenters. The van der Waals surface area contributed by atoms with Gasteiger partial charge in [0.15, 0.2) is 0 Å². The predicted octanol–water partition coefficient (Wildman–Crippen LogP) is 3.41. The molecule has 0 bridgehead atoms. The van der Waals surface area contributed by atoms with Crippen LogP contribution in [0.2, 0.25) is 0 Å².